The maximum atomic E-state index is 10.9. The molecule has 0 amide bonds. The van der Waals surface area contributed by atoms with Crippen LogP contribution in [0.25, 0.3) is 11.2 Å². The monoisotopic (exact) mass is 491 g/mol. The number of piperidine rings is 1. The van der Waals surface area contributed by atoms with Gasteiger partial charge in [0.1, 0.15) is 24.8 Å². The number of nitrogens with zero attached hydrogens (tertiary/aromatic N) is 5. The number of anilines is 1. The van der Waals surface area contributed by atoms with Gasteiger partial charge in [-0.05, 0) is 24.4 Å². The third-order valence-corrected chi connectivity index (χ3v) is 5.92. The first-order valence-electron chi connectivity index (χ1n) is 9.75. The van der Waals surface area contributed by atoms with Crippen LogP contribution in [0.4, 0.5) is 5.82 Å². The quantitative estimate of drug-likeness (QED) is 0.248. The summed E-state index contributed by atoms with van der Waals surface area (Å²) in [6, 6.07) is 0. The van der Waals surface area contributed by atoms with Gasteiger partial charge in [-0.2, -0.15) is 9.97 Å². The molecule has 1 unspecified atom stereocenters. The fourth-order valence-electron chi connectivity index (χ4n) is 3.74. The van der Waals surface area contributed by atoms with Crippen LogP contribution >= 0.6 is 19.2 Å². The number of hydrogen-bond donors (Lipinski definition) is 4. The molecule has 0 aliphatic carbocycles. The van der Waals surface area contributed by atoms with Crippen molar-refractivity contribution in [3.05, 3.63) is 23.6 Å². The number of hydrogen-bond acceptors (Lipinski definition) is 10. The molecule has 0 spiro atoms. The summed E-state index contributed by atoms with van der Waals surface area (Å²) in [7, 11) is -2.76. The first kappa shape index (κ1) is 23.2. The van der Waals surface area contributed by atoms with Crippen molar-refractivity contribution in [2.24, 2.45) is 0 Å². The Hall–Kier alpha value is -1.99. The molecule has 2 saturated heterocycles. The Morgan fingerprint density at radius 2 is 2.16 bits per heavy atom. The summed E-state index contributed by atoms with van der Waals surface area (Å²) >= 11 is 6.17. The molecule has 4 heterocycles. The molecule has 2 aromatic heterocycles. The molecule has 4 rings (SSSR count). The Morgan fingerprint density at radius 1 is 1.38 bits per heavy atom. The third kappa shape index (κ3) is 4.69. The number of ether oxygens (including phenoxy) is 3. The highest BCUT2D eigenvalue weighted by molar-refractivity contribution is 7.51. The number of fused-ring (bicyclic) bond motifs is 1. The highest BCUT2D eigenvalue weighted by Gasteiger charge is 2.42. The summed E-state index contributed by atoms with van der Waals surface area (Å²) in [4.78, 5) is 32.7. The number of methoxy groups -OCH3 is 1. The van der Waals surface area contributed by atoms with Crippen LogP contribution in [-0.4, -0.2) is 84.4 Å². The van der Waals surface area contributed by atoms with Gasteiger partial charge in [-0.25, -0.2) is 4.98 Å². The lowest BCUT2D eigenvalue weighted by atomic mass is 10.1. The minimum absolute atomic E-state index is 0.0254. The van der Waals surface area contributed by atoms with Gasteiger partial charge in [-0.1, -0.05) is 0 Å². The molecule has 15 heteroatoms. The summed E-state index contributed by atoms with van der Waals surface area (Å²) in [5, 5.41) is 20.7. The second-order valence-corrected chi connectivity index (χ2v) is 9.44. The lowest BCUT2D eigenvalue weighted by molar-refractivity contribution is -0.0122. The maximum Gasteiger partial charge on any atom is 0.362 e. The van der Waals surface area contributed by atoms with Crippen molar-refractivity contribution in [3.63, 3.8) is 0 Å². The van der Waals surface area contributed by atoms with E-state index in [0.717, 1.165) is 25.6 Å². The zero-order valence-corrected chi connectivity index (χ0v) is 18.6. The molecule has 176 valence electrons. The highest BCUT2D eigenvalue weighted by atomic mass is 35.5. The minimum atomic E-state index is -4.41. The second-order valence-electron chi connectivity index (χ2n) is 7.51. The van der Waals surface area contributed by atoms with Crippen LogP contribution < -0.4 is 4.90 Å². The van der Waals surface area contributed by atoms with E-state index in [4.69, 9.17) is 35.6 Å². The van der Waals surface area contributed by atoms with E-state index in [2.05, 4.69) is 15.0 Å². The zero-order valence-electron chi connectivity index (χ0n) is 17.0. The van der Waals surface area contributed by atoms with Crippen molar-refractivity contribution >= 4 is 36.2 Å². The summed E-state index contributed by atoms with van der Waals surface area (Å²) in [6.07, 6.45) is -0.819. The lowest BCUT2D eigenvalue weighted by Gasteiger charge is -2.32. The van der Waals surface area contributed by atoms with Crippen molar-refractivity contribution in [3.8, 4) is 0 Å². The van der Waals surface area contributed by atoms with Crippen molar-refractivity contribution in [1.82, 2.24) is 19.5 Å². The van der Waals surface area contributed by atoms with Gasteiger partial charge in [-0.3, -0.25) is 9.13 Å². The van der Waals surface area contributed by atoms with E-state index >= 15 is 0 Å². The SMILES string of the molecule is COC1CCCN(c2nc(Cl)nc3c2ncn3[C@@H]2OC(=COCP(=O)(O)O)[C@@H](O)[C@H]2O)C1. The fraction of sp³-hybridized carbons (Fsp3) is 0.588. The van der Waals surface area contributed by atoms with E-state index in [1.807, 2.05) is 4.90 Å². The standard InChI is InChI=1S/C17H23ClN5O8P/c1-29-9-3-2-4-22(5-9)14-11-15(21-17(18)20-14)23(7-19-11)16-13(25)12(24)10(31-16)6-30-8-32(26,27)28/h6-7,9,12-13,16,24-25H,2-5,8H2,1H3,(H2,26,27,28)/t9?,12-,13-,16-/m1/s1. The van der Waals surface area contributed by atoms with Crippen LogP contribution in [0.15, 0.2) is 18.3 Å². The summed E-state index contributed by atoms with van der Waals surface area (Å²) in [5.74, 6) is 0.325. The molecule has 2 fully saturated rings. The van der Waals surface area contributed by atoms with E-state index in [9.17, 15) is 14.8 Å². The Kier molecular flexibility index (Phi) is 6.59. The van der Waals surface area contributed by atoms with Crippen LogP contribution in [0.3, 0.4) is 0 Å². The van der Waals surface area contributed by atoms with E-state index in [-0.39, 0.29) is 22.8 Å². The molecule has 13 nitrogen and oxygen atoms in total. The number of aromatic nitrogens is 4. The van der Waals surface area contributed by atoms with Gasteiger partial charge >= 0.3 is 7.60 Å². The van der Waals surface area contributed by atoms with Gasteiger partial charge in [0.25, 0.3) is 0 Å². The average Bonchev–Trinajstić information content (AvgIpc) is 3.28. The van der Waals surface area contributed by atoms with Crippen molar-refractivity contribution in [2.75, 3.05) is 31.4 Å². The van der Waals surface area contributed by atoms with Gasteiger partial charge < -0.3 is 39.1 Å². The predicted octanol–water partition coefficient (Wildman–Crippen LogP) is 0.339. The number of rotatable bonds is 6. The fourth-order valence-corrected chi connectivity index (χ4v) is 4.17. The Bertz CT molecular complexity index is 1060. The van der Waals surface area contributed by atoms with E-state index < -0.39 is 32.4 Å². The molecule has 0 saturated carbocycles. The molecule has 0 radical (unpaired) electrons. The molecule has 0 bridgehead atoms. The summed E-state index contributed by atoms with van der Waals surface area (Å²) in [6.45, 7) is 1.34. The van der Waals surface area contributed by atoms with Gasteiger partial charge in [-0.15, -0.1) is 0 Å². The molecule has 32 heavy (non-hydrogen) atoms. The predicted molar refractivity (Wildman–Crippen MR) is 111 cm³/mol. The topological polar surface area (TPSA) is 173 Å². The molecule has 0 aromatic carbocycles. The van der Waals surface area contributed by atoms with Crippen LogP contribution in [0, 0.1) is 0 Å². The van der Waals surface area contributed by atoms with E-state index in [0.29, 0.717) is 17.9 Å². The highest BCUT2D eigenvalue weighted by Crippen LogP contribution is 2.37. The number of halogens is 1. The Labute approximate surface area is 187 Å². The molecule has 2 aliphatic rings. The van der Waals surface area contributed by atoms with Gasteiger partial charge in [0, 0.05) is 20.2 Å². The number of aliphatic hydroxyl groups excluding tert-OH is 2. The summed E-state index contributed by atoms with van der Waals surface area (Å²) in [5.41, 5.74) is 0.722. The number of imidazole rings is 1. The molecule has 4 atom stereocenters. The lowest BCUT2D eigenvalue weighted by Crippen LogP contribution is -2.39. The van der Waals surface area contributed by atoms with Gasteiger partial charge in [0.05, 0.1) is 6.10 Å². The van der Waals surface area contributed by atoms with Crippen LogP contribution in [0.2, 0.25) is 5.28 Å². The molecule has 2 aromatic rings. The number of aliphatic hydroxyl groups is 2. The average molecular weight is 492 g/mol. The van der Waals surface area contributed by atoms with Crippen LogP contribution in [0.1, 0.15) is 19.1 Å². The van der Waals surface area contributed by atoms with E-state index in [1.165, 1.54) is 10.9 Å². The van der Waals surface area contributed by atoms with Crippen molar-refractivity contribution in [1.29, 1.82) is 0 Å². The molecular weight excluding hydrogens is 469 g/mol. The molecule has 2 aliphatic heterocycles. The van der Waals surface area contributed by atoms with Gasteiger partial charge in [0.2, 0.25) is 11.5 Å². The zero-order chi connectivity index (χ0) is 23.0. The molecule has 4 N–H and O–H groups in total. The van der Waals surface area contributed by atoms with Crippen LogP contribution in [-0.2, 0) is 18.8 Å². The van der Waals surface area contributed by atoms with E-state index in [1.54, 1.807) is 7.11 Å². The van der Waals surface area contributed by atoms with Crippen molar-refractivity contribution in [2.45, 2.75) is 37.4 Å². The Morgan fingerprint density at radius 3 is 2.88 bits per heavy atom. The third-order valence-electron chi connectivity index (χ3n) is 5.27. The normalized spacial score (nSPS) is 27.8. The van der Waals surface area contributed by atoms with Crippen molar-refractivity contribution < 1.29 is 38.8 Å². The largest absolute Gasteiger partial charge is 0.485 e. The minimum Gasteiger partial charge on any atom is -0.485 e. The smallest absolute Gasteiger partial charge is 0.362 e. The maximum absolute atomic E-state index is 10.9. The Balaban J connectivity index is 1.63. The van der Waals surface area contributed by atoms with Crippen LogP contribution in [0.5, 0.6) is 0 Å². The first-order chi connectivity index (χ1) is 15.2. The van der Waals surface area contributed by atoms with Gasteiger partial charge in [0.15, 0.2) is 29.1 Å². The summed E-state index contributed by atoms with van der Waals surface area (Å²) < 4.78 is 28.2. The molecular formula is C17H23ClN5O8P. The second kappa shape index (κ2) is 9.10. The first-order valence-corrected chi connectivity index (χ1v) is 11.9.